The highest BCUT2D eigenvalue weighted by Crippen LogP contribution is 2.44. The van der Waals surface area contributed by atoms with E-state index in [-0.39, 0.29) is 0 Å². The van der Waals surface area contributed by atoms with Gasteiger partial charge in [-0.15, -0.1) is 0 Å². The van der Waals surface area contributed by atoms with Crippen molar-refractivity contribution < 1.29 is 4.74 Å². The summed E-state index contributed by atoms with van der Waals surface area (Å²) in [5.41, 5.74) is 0.617. The number of ether oxygens (including phenoxy) is 1. The van der Waals surface area contributed by atoms with E-state index in [2.05, 4.69) is 24.5 Å². The highest BCUT2D eigenvalue weighted by molar-refractivity contribution is 4.91. The van der Waals surface area contributed by atoms with Crippen LogP contribution in [0.25, 0.3) is 0 Å². The van der Waals surface area contributed by atoms with Crippen LogP contribution in [0.1, 0.15) is 33.1 Å². The Morgan fingerprint density at radius 3 is 2.81 bits per heavy atom. The van der Waals surface area contributed by atoms with Crippen molar-refractivity contribution in [1.29, 1.82) is 0 Å². The van der Waals surface area contributed by atoms with E-state index in [1.807, 2.05) is 0 Å². The van der Waals surface area contributed by atoms with Crippen LogP contribution in [0.15, 0.2) is 0 Å². The Bertz CT molecular complexity index is 216. The van der Waals surface area contributed by atoms with Crippen molar-refractivity contribution >= 4 is 0 Å². The lowest BCUT2D eigenvalue weighted by molar-refractivity contribution is 0.182. The molecule has 1 saturated heterocycles. The molecule has 1 aliphatic carbocycles. The maximum absolute atomic E-state index is 5.56. The van der Waals surface area contributed by atoms with Crippen LogP contribution in [0.3, 0.4) is 0 Å². The van der Waals surface area contributed by atoms with Crippen molar-refractivity contribution in [3.63, 3.8) is 0 Å². The predicted molar refractivity (Wildman–Crippen MR) is 66.6 cm³/mol. The van der Waals surface area contributed by atoms with Gasteiger partial charge in [0.25, 0.3) is 0 Å². The van der Waals surface area contributed by atoms with E-state index < -0.39 is 0 Å². The molecule has 2 fully saturated rings. The molecule has 0 bridgehead atoms. The summed E-state index contributed by atoms with van der Waals surface area (Å²) in [6.45, 7) is 9.81. The summed E-state index contributed by atoms with van der Waals surface area (Å²) >= 11 is 0. The highest BCUT2D eigenvalue weighted by Gasteiger charge is 2.37. The fourth-order valence-corrected chi connectivity index (χ4v) is 2.30. The van der Waals surface area contributed by atoms with E-state index >= 15 is 0 Å². The van der Waals surface area contributed by atoms with E-state index in [4.69, 9.17) is 4.74 Å². The van der Waals surface area contributed by atoms with Crippen molar-refractivity contribution in [2.75, 3.05) is 32.8 Å². The summed E-state index contributed by atoms with van der Waals surface area (Å²) < 4.78 is 5.56. The quantitative estimate of drug-likeness (QED) is 0.688. The van der Waals surface area contributed by atoms with Gasteiger partial charge in [0.15, 0.2) is 0 Å². The third kappa shape index (κ3) is 3.44. The zero-order chi connectivity index (χ0) is 11.4. The summed E-state index contributed by atoms with van der Waals surface area (Å²) in [7, 11) is 0. The van der Waals surface area contributed by atoms with Crippen LogP contribution in [0.5, 0.6) is 0 Å². The second kappa shape index (κ2) is 5.48. The van der Waals surface area contributed by atoms with E-state index in [0.29, 0.717) is 17.4 Å². The Kier molecular flexibility index (Phi) is 4.22. The van der Waals surface area contributed by atoms with E-state index in [1.165, 1.54) is 25.8 Å². The second-order valence-corrected chi connectivity index (χ2v) is 5.80. The lowest BCUT2D eigenvalue weighted by atomic mass is 10.0. The van der Waals surface area contributed by atoms with Gasteiger partial charge in [0.05, 0.1) is 13.2 Å². The molecule has 2 atom stereocenters. The molecule has 2 aliphatic rings. The third-order valence-electron chi connectivity index (χ3n) is 3.92. The molecule has 0 amide bonds. The van der Waals surface area contributed by atoms with Crippen LogP contribution in [-0.2, 0) is 4.74 Å². The van der Waals surface area contributed by atoms with Gasteiger partial charge in [-0.1, -0.05) is 13.8 Å². The Labute approximate surface area is 99.3 Å². The largest absolute Gasteiger partial charge is 0.379 e. The molecule has 1 heterocycles. The van der Waals surface area contributed by atoms with Crippen LogP contribution < -0.4 is 10.6 Å². The maximum atomic E-state index is 5.56. The van der Waals surface area contributed by atoms with E-state index in [9.17, 15) is 0 Å². The molecule has 16 heavy (non-hydrogen) atoms. The van der Waals surface area contributed by atoms with Gasteiger partial charge in [0, 0.05) is 25.0 Å². The minimum Gasteiger partial charge on any atom is -0.379 e. The van der Waals surface area contributed by atoms with Crippen LogP contribution in [0, 0.1) is 11.3 Å². The fraction of sp³-hybridized carbons (Fsp3) is 1.00. The Morgan fingerprint density at radius 1 is 1.31 bits per heavy atom. The summed E-state index contributed by atoms with van der Waals surface area (Å²) in [6.07, 6.45) is 4.01. The second-order valence-electron chi connectivity index (χ2n) is 5.80. The van der Waals surface area contributed by atoms with Gasteiger partial charge in [-0.05, 0) is 31.2 Å². The van der Waals surface area contributed by atoms with Gasteiger partial charge in [0.1, 0.15) is 0 Å². The molecule has 2 unspecified atom stereocenters. The number of hydrogen-bond acceptors (Lipinski definition) is 3. The molecule has 3 nitrogen and oxygen atoms in total. The van der Waals surface area contributed by atoms with Gasteiger partial charge in [-0.25, -0.2) is 0 Å². The Morgan fingerprint density at radius 2 is 2.12 bits per heavy atom. The van der Waals surface area contributed by atoms with Gasteiger partial charge in [-0.2, -0.15) is 0 Å². The zero-order valence-corrected chi connectivity index (χ0v) is 10.7. The van der Waals surface area contributed by atoms with Gasteiger partial charge < -0.3 is 15.4 Å². The average Bonchev–Trinajstić information content (AvgIpc) is 2.84. The van der Waals surface area contributed by atoms with Crippen LogP contribution >= 0.6 is 0 Å². The Hall–Kier alpha value is -0.120. The van der Waals surface area contributed by atoms with Crippen LogP contribution in [-0.4, -0.2) is 38.9 Å². The monoisotopic (exact) mass is 226 g/mol. The molecule has 0 aromatic rings. The number of rotatable bonds is 7. The van der Waals surface area contributed by atoms with Crippen molar-refractivity contribution in [1.82, 2.24) is 10.6 Å². The molecule has 2 rings (SSSR count). The number of hydrogen-bond donors (Lipinski definition) is 2. The van der Waals surface area contributed by atoms with Crippen molar-refractivity contribution in [3.8, 4) is 0 Å². The molecule has 94 valence electrons. The zero-order valence-electron chi connectivity index (χ0n) is 10.7. The normalized spacial score (nSPS) is 31.9. The molecule has 1 aliphatic heterocycles. The van der Waals surface area contributed by atoms with Crippen LogP contribution in [0.2, 0.25) is 0 Å². The third-order valence-corrected chi connectivity index (χ3v) is 3.92. The molecule has 3 heteroatoms. The fourth-order valence-electron chi connectivity index (χ4n) is 2.30. The molecular weight excluding hydrogens is 200 g/mol. The summed E-state index contributed by atoms with van der Waals surface area (Å²) in [6, 6.07) is 0.569. The van der Waals surface area contributed by atoms with Gasteiger partial charge in [0.2, 0.25) is 0 Å². The molecule has 0 radical (unpaired) electrons. The Balaban J connectivity index is 1.63. The van der Waals surface area contributed by atoms with Crippen molar-refractivity contribution in [3.05, 3.63) is 0 Å². The first-order chi connectivity index (χ1) is 7.73. The maximum Gasteiger partial charge on any atom is 0.0623 e. The molecule has 0 spiro atoms. The lowest BCUT2D eigenvalue weighted by Crippen LogP contribution is -2.41. The first-order valence-electron chi connectivity index (χ1n) is 6.75. The van der Waals surface area contributed by atoms with E-state index in [0.717, 1.165) is 26.3 Å². The highest BCUT2D eigenvalue weighted by atomic mass is 16.5. The standard InChI is InChI=1S/C13H26N2O/c1-3-6-15-12-9-16-8-11(12)7-14-10-13(2)4-5-13/h11-12,14-15H,3-10H2,1-2H3. The SMILES string of the molecule is CCCNC1COCC1CNCC1(C)CC1. The molecule has 0 aromatic carbocycles. The van der Waals surface area contributed by atoms with E-state index in [1.54, 1.807) is 0 Å². The molecule has 0 aromatic heterocycles. The molecular formula is C13H26N2O. The first kappa shape index (κ1) is 12.3. The van der Waals surface area contributed by atoms with Gasteiger partial charge >= 0.3 is 0 Å². The molecule has 2 N–H and O–H groups in total. The topological polar surface area (TPSA) is 33.3 Å². The lowest BCUT2D eigenvalue weighted by Gasteiger charge is -2.20. The van der Waals surface area contributed by atoms with Gasteiger partial charge in [-0.3, -0.25) is 0 Å². The van der Waals surface area contributed by atoms with Crippen molar-refractivity contribution in [2.45, 2.75) is 39.2 Å². The minimum atomic E-state index is 0.569. The van der Waals surface area contributed by atoms with Crippen molar-refractivity contribution in [2.24, 2.45) is 11.3 Å². The molecule has 1 saturated carbocycles. The number of nitrogens with one attached hydrogen (secondary N) is 2. The summed E-state index contributed by atoms with van der Waals surface area (Å²) in [4.78, 5) is 0. The smallest absolute Gasteiger partial charge is 0.0623 e. The first-order valence-corrected chi connectivity index (χ1v) is 6.75. The summed E-state index contributed by atoms with van der Waals surface area (Å²) in [5.74, 6) is 0.661. The average molecular weight is 226 g/mol. The summed E-state index contributed by atoms with van der Waals surface area (Å²) in [5, 5.41) is 7.20. The predicted octanol–water partition coefficient (Wildman–Crippen LogP) is 1.39. The minimum absolute atomic E-state index is 0.569. The van der Waals surface area contributed by atoms with Crippen LogP contribution in [0.4, 0.5) is 0 Å².